The van der Waals surface area contributed by atoms with Gasteiger partial charge < -0.3 is 9.72 Å². The van der Waals surface area contributed by atoms with E-state index in [4.69, 9.17) is 4.74 Å². The minimum Gasteiger partial charge on any atom is -0.465 e. The van der Waals surface area contributed by atoms with Gasteiger partial charge in [0.15, 0.2) is 11.0 Å². The number of H-pyrrole nitrogens is 1. The lowest BCUT2D eigenvalue weighted by Crippen LogP contribution is -2.18. The number of fused-ring (bicyclic) bond motifs is 1. The smallest absolute Gasteiger partial charge is 0.326 e. The van der Waals surface area contributed by atoms with E-state index in [1.165, 1.54) is 11.8 Å². The summed E-state index contributed by atoms with van der Waals surface area (Å²) in [5.74, 6) is 0.467. The van der Waals surface area contributed by atoms with Crippen molar-refractivity contribution in [3.8, 4) is 17.1 Å². The molecule has 3 aromatic carbocycles. The molecule has 2 aromatic heterocycles. The number of nitrogens with zero attached hydrogens (tertiary/aromatic N) is 4. The van der Waals surface area contributed by atoms with Crippen LogP contribution in [-0.2, 0) is 16.1 Å². The number of para-hydroxylation sites is 3. The number of hydrogen-bond donors (Lipinski definition) is 1. The molecule has 5 rings (SSSR count). The van der Waals surface area contributed by atoms with Gasteiger partial charge in [-0.2, -0.15) is 0 Å². The maximum Gasteiger partial charge on any atom is 0.326 e. The van der Waals surface area contributed by atoms with E-state index in [0.29, 0.717) is 23.9 Å². The van der Waals surface area contributed by atoms with Gasteiger partial charge in [-0.1, -0.05) is 72.4 Å². The number of aromatic amines is 1. The minimum absolute atomic E-state index is 0.104. The summed E-state index contributed by atoms with van der Waals surface area (Å²) in [5, 5.41) is 9.33. The molecule has 0 saturated carbocycles. The van der Waals surface area contributed by atoms with Gasteiger partial charge in [0.25, 0.3) is 0 Å². The van der Waals surface area contributed by atoms with Crippen molar-refractivity contribution in [2.24, 2.45) is 0 Å². The lowest BCUT2D eigenvalue weighted by atomic mass is 10.2. The van der Waals surface area contributed by atoms with Gasteiger partial charge in [0.05, 0.1) is 23.4 Å². The SMILES string of the molecule is O=C(CSc1nnc(-c2ccccc2)n1-c1ccccc1)OCCCn1c(=O)[nH]c2ccccc21. The third kappa shape index (κ3) is 5.04. The van der Waals surface area contributed by atoms with E-state index in [2.05, 4.69) is 15.2 Å². The molecule has 176 valence electrons. The fourth-order valence-corrected chi connectivity index (χ4v) is 4.60. The molecular weight excluding hydrogens is 462 g/mol. The number of benzene rings is 3. The van der Waals surface area contributed by atoms with Crippen LogP contribution in [0.5, 0.6) is 0 Å². The van der Waals surface area contributed by atoms with E-state index in [0.717, 1.165) is 22.3 Å². The van der Waals surface area contributed by atoms with E-state index in [1.54, 1.807) is 4.57 Å². The molecule has 8 nitrogen and oxygen atoms in total. The molecule has 0 aliphatic rings. The maximum atomic E-state index is 12.4. The van der Waals surface area contributed by atoms with Gasteiger partial charge in [-0.3, -0.25) is 13.9 Å². The predicted molar refractivity (Wildman–Crippen MR) is 136 cm³/mol. The Labute approximate surface area is 205 Å². The Morgan fingerprint density at radius 2 is 1.63 bits per heavy atom. The van der Waals surface area contributed by atoms with E-state index in [9.17, 15) is 9.59 Å². The van der Waals surface area contributed by atoms with E-state index >= 15 is 0 Å². The number of ether oxygens (including phenoxy) is 1. The van der Waals surface area contributed by atoms with Crippen LogP contribution in [0.4, 0.5) is 0 Å². The zero-order valence-electron chi connectivity index (χ0n) is 18.8. The van der Waals surface area contributed by atoms with Crippen LogP contribution >= 0.6 is 11.8 Å². The van der Waals surface area contributed by atoms with Crippen LogP contribution in [0.1, 0.15) is 6.42 Å². The fourth-order valence-electron chi connectivity index (χ4n) is 3.85. The van der Waals surface area contributed by atoms with Crippen molar-refractivity contribution in [2.75, 3.05) is 12.4 Å². The zero-order chi connectivity index (χ0) is 24.0. The molecule has 0 radical (unpaired) electrons. The quantitative estimate of drug-likeness (QED) is 0.190. The Kier molecular flexibility index (Phi) is 6.76. The molecular formula is C26H23N5O3S. The second-order valence-electron chi connectivity index (χ2n) is 7.80. The molecule has 2 heterocycles. The molecule has 35 heavy (non-hydrogen) atoms. The van der Waals surface area contributed by atoms with Crippen molar-refractivity contribution in [2.45, 2.75) is 18.1 Å². The van der Waals surface area contributed by atoms with Crippen molar-refractivity contribution in [1.82, 2.24) is 24.3 Å². The van der Waals surface area contributed by atoms with Gasteiger partial charge in [-0.15, -0.1) is 10.2 Å². The van der Waals surface area contributed by atoms with Crippen LogP contribution in [0.15, 0.2) is 94.9 Å². The Morgan fingerprint density at radius 3 is 2.43 bits per heavy atom. The van der Waals surface area contributed by atoms with Crippen molar-refractivity contribution < 1.29 is 9.53 Å². The molecule has 0 unspecified atom stereocenters. The Balaban J connectivity index is 1.21. The number of aromatic nitrogens is 5. The number of aryl methyl sites for hydroxylation is 1. The average molecular weight is 486 g/mol. The summed E-state index contributed by atoms with van der Waals surface area (Å²) in [6, 6.07) is 27.1. The highest BCUT2D eigenvalue weighted by atomic mass is 32.2. The summed E-state index contributed by atoms with van der Waals surface area (Å²) in [6.45, 7) is 0.692. The standard InChI is InChI=1S/C26H23N5O3S/c32-23(34-17-9-16-30-22-15-8-7-14-21(22)27-25(30)33)18-35-26-29-28-24(19-10-3-1-4-11-19)31(26)20-12-5-2-6-13-20/h1-8,10-15H,9,16-18H2,(H,27,33). The fraction of sp³-hybridized carbons (Fsp3) is 0.154. The second kappa shape index (κ2) is 10.4. The molecule has 5 aromatic rings. The number of imidazole rings is 1. The summed E-state index contributed by atoms with van der Waals surface area (Å²) >= 11 is 1.28. The molecule has 0 amide bonds. The first kappa shape index (κ1) is 22.7. The van der Waals surface area contributed by atoms with Crippen LogP contribution in [0.25, 0.3) is 28.1 Å². The lowest BCUT2D eigenvalue weighted by Gasteiger charge is -2.10. The summed E-state index contributed by atoms with van der Waals surface area (Å²) in [4.78, 5) is 27.4. The third-order valence-corrected chi connectivity index (χ3v) is 6.37. The Hall–Kier alpha value is -4.11. The molecule has 1 N–H and O–H groups in total. The molecule has 0 aliphatic heterocycles. The first-order valence-electron chi connectivity index (χ1n) is 11.2. The van der Waals surface area contributed by atoms with Gasteiger partial charge in [0.2, 0.25) is 0 Å². The first-order chi connectivity index (χ1) is 17.2. The summed E-state index contributed by atoms with van der Waals surface area (Å²) < 4.78 is 9.01. The van der Waals surface area contributed by atoms with Crippen molar-refractivity contribution in [3.63, 3.8) is 0 Å². The molecule has 0 bridgehead atoms. The number of carbonyl (C=O) groups is 1. The van der Waals surface area contributed by atoms with Crippen LogP contribution < -0.4 is 5.69 Å². The number of nitrogens with one attached hydrogen (secondary N) is 1. The predicted octanol–water partition coefficient (Wildman–Crippen LogP) is 4.30. The van der Waals surface area contributed by atoms with E-state index < -0.39 is 0 Å². The van der Waals surface area contributed by atoms with Crippen molar-refractivity contribution >= 4 is 28.8 Å². The van der Waals surface area contributed by atoms with Crippen LogP contribution in [0.2, 0.25) is 0 Å². The monoisotopic (exact) mass is 485 g/mol. The third-order valence-electron chi connectivity index (χ3n) is 5.47. The summed E-state index contributed by atoms with van der Waals surface area (Å²) in [7, 11) is 0. The Morgan fingerprint density at radius 1 is 0.914 bits per heavy atom. The van der Waals surface area contributed by atoms with Gasteiger partial charge >= 0.3 is 11.7 Å². The zero-order valence-corrected chi connectivity index (χ0v) is 19.6. The van der Waals surface area contributed by atoms with Crippen LogP contribution in [-0.4, -0.2) is 42.6 Å². The molecule has 0 atom stereocenters. The molecule has 9 heteroatoms. The van der Waals surface area contributed by atoms with Crippen LogP contribution in [0, 0.1) is 0 Å². The largest absolute Gasteiger partial charge is 0.465 e. The van der Waals surface area contributed by atoms with Gasteiger partial charge in [-0.25, -0.2) is 4.79 Å². The molecule has 0 aliphatic carbocycles. The van der Waals surface area contributed by atoms with Crippen molar-refractivity contribution in [1.29, 1.82) is 0 Å². The average Bonchev–Trinajstić information content (AvgIpc) is 3.47. The maximum absolute atomic E-state index is 12.4. The molecule has 0 saturated heterocycles. The number of rotatable bonds is 9. The molecule has 0 fully saturated rings. The lowest BCUT2D eigenvalue weighted by molar-refractivity contribution is -0.140. The Bertz CT molecular complexity index is 1490. The molecule has 0 spiro atoms. The second-order valence-corrected chi connectivity index (χ2v) is 8.75. The minimum atomic E-state index is -0.342. The van der Waals surface area contributed by atoms with Gasteiger partial charge in [0.1, 0.15) is 0 Å². The van der Waals surface area contributed by atoms with Gasteiger partial charge in [-0.05, 0) is 30.7 Å². The topological polar surface area (TPSA) is 94.8 Å². The summed E-state index contributed by atoms with van der Waals surface area (Å²) in [5.41, 5.74) is 3.32. The number of esters is 1. The van der Waals surface area contributed by atoms with E-state index in [1.807, 2.05) is 89.5 Å². The van der Waals surface area contributed by atoms with Crippen LogP contribution in [0.3, 0.4) is 0 Å². The highest BCUT2D eigenvalue weighted by Crippen LogP contribution is 2.27. The normalized spacial score (nSPS) is 11.1. The van der Waals surface area contributed by atoms with E-state index in [-0.39, 0.29) is 24.0 Å². The highest BCUT2D eigenvalue weighted by molar-refractivity contribution is 7.99. The van der Waals surface area contributed by atoms with Crippen molar-refractivity contribution in [3.05, 3.63) is 95.4 Å². The first-order valence-corrected chi connectivity index (χ1v) is 12.2. The number of thioether (sulfide) groups is 1. The van der Waals surface area contributed by atoms with Gasteiger partial charge in [0, 0.05) is 17.8 Å². The number of carbonyl (C=O) groups excluding carboxylic acids is 1. The summed E-state index contributed by atoms with van der Waals surface area (Å²) in [6.07, 6.45) is 0.538. The highest BCUT2D eigenvalue weighted by Gasteiger charge is 2.17. The number of hydrogen-bond acceptors (Lipinski definition) is 6.